The number of nitrogens with zero attached hydrogens (tertiary/aromatic N) is 1. The third-order valence-electron chi connectivity index (χ3n) is 3.44. The van der Waals surface area contributed by atoms with Crippen molar-refractivity contribution in [3.63, 3.8) is 0 Å². The monoisotopic (exact) mass is 314 g/mol. The molecule has 1 fully saturated rings. The fraction of sp³-hybridized carbons (Fsp3) is 0.571. The van der Waals surface area contributed by atoms with E-state index in [1.54, 1.807) is 19.2 Å². The second kappa shape index (κ2) is 6.64. The number of benzene rings is 1. The zero-order chi connectivity index (χ0) is 15.5. The predicted molar refractivity (Wildman–Crippen MR) is 80.8 cm³/mol. The lowest BCUT2D eigenvalue weighted by Gasteiger charge is -2.22. The average Bonchev–Trinajstić information content (AvgIpc) is 2.93. The van der Waals surface area contributed by atoms with Crippen LogP contribution in [0.1, 0.15) is 19.8 Å². The van der Waals surface area contributed by atoms with Crippen LogP contribution in [0, 0.1) is 0 Å². The van der Waals surface area contributed by atoms with Crippen LogP contribution in [0.25, 0.3) is 0 Å². The highest BCUT2D eigenvalue weighted by molar-refractivity contribution is 7.89. The topological polar surface area (TPSA) is 81.9 Å². The van der Waals surface area contributed by atoms with E-state index >= 15 is 0 Å². The second-order valence-electron chi connectivity index (χ2n) is 5.06. The summed E-state index contributed by atoms with van der Waals surface area (Å²) in [5, 5.41) is 0. The van der Waals surface area contributed by atoms with E-state index < -0.39 is 10.0 Å². The normalized spacial score (nSPS) is 19.1. The van der Waals surface area contributed by atoms with Crippen LogP contribution in [0.2, 0.25) is 0 Å². The SMILES string of the molecule is CCOc1ccc(N)cc1S(=O)(=O)N(C)CC1CCCO1. The summed E-state index contributed by atoms with van der Waals surface area (Å²) in [7, 11) is -2.10. The van der Waals surface area contributed by atoms with E-state index in [1.165, 1.54) is 10.4 Å². The highest BCUT2D eigenvalue weighted by Crippen LogP contribution is 2.29. The molecule has 1 aromatic rings. The summed E-state index contributed by atoms with van der Waals surface area (Å²) in [6, 6.07) is 4.65. The molecule has 1 aromatic carbocycles. The van der Waals surface area contributed by atoms with E-state index in [9.17, 15) is 8.42 Å². The van der Waals surface area contributed by atoms with Gasteiger partial charge in [-0.3, -0.25) is 0 Å². The number of nitrogen functional groups attached to an aromatic ring is 1. The molecule has 7 heteroatoms. The van der Waals surface area contributed by atoms with Crippen LogP contribution in [-0.2, 0) is 14.8 Å². The van der Waals surface area contributed by atoms with Crippen molar-refractivity contribution in [3.8, 4) is 5.75 Å². The van der Waals surface area contributed by atoms with Gasteiger partial charge in [0.1, 0.15) is 10.6 Å². The predicted octanol–water partition coefficient (Wildman–Crippen LogP) is 1.47. The fourth-order valence-electron chi connectivity index (χ4n) is 2.34. The minimum Gasteiger partial charge on any atom is -0.492 e. The van der Waals surface area contributed by atoms with Gasteiger partial charge in [0, 0.05) is 25.9 Å². The Morgan fingerprint density at radius 3 is 2.86 bits per heavy atom. The van der Waals surface area contributed by atoms with Gasteiger partial charge in [0.25, 0.3) is 0 Å². The summed E-state index contributed by atoms with van der Waals surface area (Å²) in [4.78, 5) is 0.102. The van der Waals surface area contributed by atoms with Gasteiger partial charge in [-0.25, -0.2) is 8.42 Å². The molecule has 1 heterocycles. The number of hydrogen-bond acceptors (Lipinski definition) is 5. The minimum absolute atomic E-state index is 0.0404. The van der Waals surface area contributed by atoms with Crippen LogP contribution < -0.4 is 10.5 Å². The molecule has 1 atom stereocenters. The molecule has 0 radical (unpaired) electrons. The van der Waals surface area contributed by atoms with Crippen LogP contribution in [0.15, 0.2) is 23.1 Å². The van der Waals surface area contributed by atoms with Crippen LogP contribution >= 0.6 is 0 Å². The molecular weight excluding hydrogens is 292 g/mol. The molecule has 1 unspecified atom stereocenters. The van der Waals surface area contributed by atoms with Gasteiger partial charge in [-0.15, -0.1) is 0 Å². The quantitative estimate of drug-likeness (QED) is 0.804. The largest absolute Gasteiger partial charge is 0.492 e. The number of nitrogens with two attached hydrogens (primary N) is 1. The summed E-state index contributed by atoms with van der Waals surface area (Å²) in [5.74, 6) is 0.325. The number of hydrogen-bond donors (Lipinski definition) is 1. The second-order valence-corrected chi connectivity index (χ2v) is 7.07. The Bertz CT molecular complexity index is 583. The first-order valence-corrected chi connectivity index (χ1v) is 8.49. The van der Waals surface area contributed by atoms with Gasteiger partial charge in [0.15, 0.2) is 0 Å². The Kier molecular flexibility index (Phi) is 5.08. The molecule has 0 aromatic heterocycles. The van der Waals surface area contributed by atoms with Gasteiger partial charge < -0.3 is 15.2 Å². The summed E-state index contributed by atoms with van der Waals surface area (Å²) in [6.45, 7) is 3.23. The first-order valence-electron chi connectivity index (χ1n) is 7.05. The third-order valence-corrected chi connectivity index (χ3v) is 5.29. The molecule has 2 N–H and O–H groups in total. The van der Waals surface area contributed by atoms with Crippen LogP contribution in [0.3, 0.4) is 0 Å². The van der Waals surface area contributed by atoms with Gasteiger partial charge in [-0.2, -0.15) is 4.31 Å². The zero-order valence-electron chi connectivity index (χ0n) is 12.4. The molecule has 6 nitrogen and oxygen atoms in total. The highest BCUT2D eigenvalue weighted by Gasteiger charge is 2.28. The molecule has 1 aliphatic rings. The van der Waals surface area contributed by atoms with Crippen LogP contribution in [0.4, 0.5) is 5.69 Å². The van der Waals surface area contributed by atoms with Crippen LogP contribution in [-0.4, -0.2) is 45.6 Å². The van der Waals surface area contributed by atoms with Gasteiger partial charge in [-0.05, 0) is 38.0 Å². The van der Waals surface area contributed by atoms with Gasteiger partial charge in [0.2, 0.25) is 10.0 Å². The number of ether oxygens (including phenoxy) is 2. The lowest BCUT2D eigenvalue weighted by molar-refractivity contribution is 0.0978. The summed E-state index contributed by atoms with van der Waals surface area (Å²) >= 11 is 0. The Morgan fingerprint density at radius 1 is 1.48 bits per heavy atom. The number of rotatable bonds is 6. The van der Waals surface area contributed by atoms with E-state index in [2.05, 4.69) is 0 Å². The van der Waals surface area contributed by atoms with Crippen molar-refractivity contribution in [1.82, 2.24) is 4.31 Å². The zero-order valence-corrected chi connectivity index (χ0v) is 13.2. The van der Waals surface area contributed by atoms with Crippen molar-refractivity contribution in [2.75, 3.05) is 32.5 Å². The summed E-state index contributed by atoms with van der Waals surface area (Å²) < 4.78 is 37.6. The van der Waals surface area contributed by atoms with Crippen molar-refractivity contribution in [1.29, 1.82) is 0 Å². The molecule has 1 aliphatic heterocycles. The maximum atomic E-state index is 12.7. The Balaban J connectivity index is 2.26. The number of anilines is 1. The lowest BCUT2D eigenvalue weighted by Crippen LogP contribution is -2.34. The molecule has 0 amide bonds. The summed E-state index contributed by atoms with van der Waals surface area (Å²) in [5.41, 5.74) is 6.11. The Labute approximate surface area is 125 Å². The fourth-order valence-corrected chi connectivity index (χ4v) is 3.71. The highest BCUT2D eigenvalue weighted by atomic mass is 32.2. The van der Waals surface area contributed by atoms with Crippen molar-refractivity contribution >= 4 is 15.7 Å². The molecular formula is C14H22N2O4S. The van der Waals surface area contributed by atoms with E-state index in [1.807, 2.05) is 6.92 Å². The van der Waals surface area contributed by atoms with Gasteiger partial charge >= 0.3 is 0 Å². The molecule has 0 bridgehead atoms. The van der Waals surface area contributed by atoms with E-state index in [-0.39, 0.29) is 11.0 Å². The number of sulfonamides is 1. The standard InChI is InChI=1S/C14H22N2O4S/c1-3-19-13-7-6-11(15)9-14(13)21(17,18)16(2)10-12-5-4-8-20-12/h6-7,9,12H,3-5,8,10,15H2,1-2H3. The smallest absolute Gasteiger partial charge is 0.246 e. The third kappa shape index (κ3) is 3.66. The maximum Gasteiger partial charge on any atom is 0.246 e. The van der Waals surface area contributed by atoms with Crippen molar-refractivity contribution in [3.05, 3.63) is 18.2 Å². The molecule has 1 saturated heterocycles. The molecule has 0 saturated carbocycles. The molecule has 2 rings (SSSR count). The van der Waals surface area contributed by atoms with E-state index in [0.29, 0.717) is 31.2 Å². The van der Waals surface area contributed by atoms with Gasteiger partial charge in [-0.1, -0.05) is 0 Å². The Morgan fingerprint density at radius 2 is 2.24 bits per heavy atom. The maximum absolute atomic E-state index is 12.7. The lowest BCUT2D eigenvalue weighted by atomic mass is 10.2. The van der Waals surface area contributed by atoms with Crippen molar-refractivity contribution in [2.24, 2.45) is 0 Å². The van der Waals surface area contributed by atoms with Crippen molar-refractivity contribution < 1.29 is 17.9 Å². The molecule has 118 valence electrons. The first kappa shape index (κ1) is 16.1. The number of likely N-dealkylation sites (N-methyl/N-ethyl adjacent to an activating group) is 1. The van der Waals surface area contributed by atoms with E-state index in [4.69, 9.17) is 15.2 Å². The van der Waals surface area contributed by atoms with Crippen LogP contribution in [0.5, 0.6) is 5.75 Å². The average molecular weight is 314 g/mol. The minimum atomic E-state index is -3.65. The summed E-state index contributed by atoms with van der Waals surface area (Å²) in [6.07, 6.45) is 1.82. The van der Waals surface area contributed by atoms with E-state index in [0.717, 1.165) is 12.8 Å². The molecule has 21 heavy (non-hydrogen) atoms. The molecule has 0 spiro atoms. The van der Waals surface area contributed by atoms with Crippen molar-refractivity contribution in [2.45, 2.75) is 30.8 Å². The molecule has 0 aliphatic carbocycles. The first-order chi connectivity index (χ1) is 9.95. The van der Waals surface area contributed by atoms with Gasteiger partial charge in [0.05, 0.1) is 12.7 Å². The Hall–Kier alpha value is -1.31.